The predicted octanol–water partition coefficient (Wildman–Crippen LogP) is 7.34. The Balaban J connectivity index is 3.23. The average Bonchev–Trinajstić information content (AvgIpc) is 2.85. The summed E-state index contributed by atoms with van der Waals surface area (Å²) in [5, 5.41) is 17.7. The van der Waals surface area contributed by atoms with E-state index < -0.39 is 6.10 Å². The molecule has 0 aliphatic carbocycles. The van der Waals surface area contributed by atoms with E-state index in [2.05, 4.69) is 41.4 Å². The van der Waals surface area contributed by atoms with Gasteiger partial charge in [0.25, 0.3) is 0 Å². The minimum absolute atomic E-state index is 0.105. The van der Waals surface area contributed by atoms with Crippen LogP contribution in [0, 0.1) is 47.9 Å². The van der Waals surface area contributed by atoms with Crippen LogP contribution in [0.25, 0.3) is 0 Å². The molecule has 0 aromatic rings. The molecule has 0 fully saturated rings. The highest BCUT2D eigenvalue weighted by Gasteiger charge is 1.93. The first-order valence-electron chi connectivity index (χ1n) is 13.6. The fourth-order valence-electron chi connectivity index (χ4n) is 3.67. The van der Waals surface area contributed by atoms with E-state index in [-0.39, 0.29) is 6.61 Å². The average molecular weight is 465 g/mol. The first-order chi connectivity index (χ1) is 16.8. The molecule has 0 rings (SSSR count). The summed E-state index contributed by atoms with van der Waals surface area (Å²) in [6, 6.07) is 0. The molecule has 0 aliphatic rings. The molecule has 2 N–H and O–H groups in total. The maximum absolute atomic E-state index is 9.21. The number of allylic oxidation sites excluding steroid dienone is 1. The maximum Gasteiger partial charge on any atom is 0.133 e. The third-order valence-electron chi connectivity index (χ3n) is 5.71. The van der Waals surface area contributed by atoms with Gasteiger partial charge in [-0.05, 0) is 50.0 Å². The summed E-state index contributed by atoms with van der Waals surface area (Å²) < 4.78 is 0. The topological polar surface area (TPSA) is 40.5 Å². The van der Waals surface area contributed by atoms with Crippen LogP contribution in [-0.4, -0.2) is 22.9 Å². The second kappa shape index (κ2) is 28.9. The van der Waals surface area contributed by atoms with Gasteiger partial charge in [-0.2, -0.15) is 0 Å². The van der Waals surface area contributed by atoms with Gasteiger partial charge in [-0.25, -0.2) is 0 Å². The number of rotatable bonds is 20. The first-order valence-corrected chi connectivity index (χ1v) is 13.6. The van der Waals surface area contributed by atoms with E-state index in [9.17, 15) is 5.11 Å². The normalized spacial score (nSPS) is 11.0. The van der Waals surface area contributed by atoms with Gasteiger partial charge in [0, 0.05) is 19.3 Å². The van der Waals surface area contributed by atoms with E-state index in [0.29, 0.717) is 0 Å². The highest BCUT2D eigenvalue weighted by Crippen LogP contribution is 2.12. The summed E-state index contributed by atoms with van der Waals surface area (Å²) in [7, 11) is 0. The molecule has 0 saturated carbocycles. The van der Waals surface area contributed by atoms with Crippen molar-refractivity contribution in [2.24, 2.45) is 0 Å². The fraction of sp³-hybridized carbons (Fsp3) is 0.688. The Bertz CT molecular complexity index is 693. The van der Waals surface area contributed by atoms with Crippen molar-refractivity contribution in [3.63, 3.8) is 0 Å². The van der Waals surface area contributed by atoms with E-state index in [4.69, 9.17) is 11.5 Å². The molecule has 0 aromatic heterocycles. The molecule has 1 atom stereocenters. The molecule has 0 aromatic carbocycles. The second-order valence-corrected chi connectivity index (χ2v) is 8.85. The van der Waals surface area contributed by atoms with Crippen LogP contribution in [0.1, 0.15) is 128 Å². The lowest BCUT2D eigenvalue weighted by atomic mass is 10.1. The van der Waals surface area contributed by atoms with Crippen LogP contribution in [0.15, 0.2) is 12.2 Å². The van der Waals surface area contributed by atoms with E-state index in [1.54, 1.807) is 6.08 Å². The highest BCUT2D eigenvalue weighted by molar-refractivity contribution is 5.25. The molecule has 0 bridgehead atoms. The number of aliphatic hydroxyl groups excluding tert-OH is 2. The van der Waals surface area contributed by atoms with Gasteiger partial charge in [0.05, 0.1) is 0 Å². The minimum atomic E-state index is -0.724. The summed E-state index contributed by atoms with van der Waals surface area (Å²) in [6.07, 6.45) is 32.8. The third-order valence-corrected chi connectivity index (χ3v) is 5.71. The smallest absolute Gasteiger partial charge is 0.133 e. The first kappa shape index (κ1) is 31.9. The van der Waals surface area contributed by atoms with Crippen molar-refractivity contribution >= 4 is 0 Å². The highest BCUT2D eigenvalue weighted by atomic mass is 16.3. The summed E-state index contributed by atoms with van der Waals surface area (Å²) in [5.41, 5.74) is 0. The van der Waals surface area contributed by atoms with Gasteiger partial charge in [0.15, 0.2) is 0 Å². The van der Waals surface area contributed by atoms with Crippen LogP contribution >= 0.6 is 0 Å². The zero-order chi connectivity index (χ0) is 24.8. The molecular formula is C32H48O2. The summed E-state index contributed by atoms with van der Waals surface area (Å²) >= 11 is 0. The summed E-state index contributed by atoms with van der Waals surface area (Å²) in [4.78, 5) is 0. The largest absolute Gasteiger partial charge is 0.384 e. The van der Waals surface area contributed by atoms with Crippen LogP contribution in [0.3, 0.4) is 0 Å². The van der Waals surface area contributed by atoms with Crippen LogP contribution in [0.4, 0.5) is 0 Å². The van der Waals surface area contributed by atoms with Gasteiger partial charge in [-0.1, -0.05) is 101 Å². The number of aliphatic hydroxyl groups is 2. The summed E-state index contributed by atoms with van der Waals surface area (Å²) in [5.74, 6) is 20.0. The molecule has 34 heavy (non-hydrogen) atoms. The van der Waals surface area contributed by atoms with Crippen molar-refractivity contribution in [3.05, 3.63) is 12.2 Å². The Morgan fingerprint density at radius 1 is 0.559 bits per heavy atom. The van der Waals surface area contributed by atoms with Gasteiger partial charge >= 0.3 is 0 Å². The van der Waals surface area contributed by atoms with Crippen molar-refractivity contribution in [2.75, 3.05) is 6.61 Å². The fourth-order valence-corrected chi connectivity index (χ4v) is 3.67. The zero-order valence-corrected chi connectivity index (χ0v) is 21.6. The molecule has 0 saturated heterocycles. The van der Waals surface area contributed by atoms with E-state index >= 15 is 0 Å². The van der Waals surface area contributed by atoms with E-state index in [1.807, 2.05) is 6.08 Å². The van der Waals surface area contributed by atoms with Crippen LogP contribution in [0.5, 0.6) is 0 Å². The Kier molecular flexibility index (Phi) is 27.1. The lowest BCUT2D eigenvalue weighted by molar-refractivity contribution is 0.280. The Morgan fingerprint density at radius 3 is 1.44 bits per heavy atom. The SMILES string of the molecule is C#CC(O)/C=C/CCCCCCCCCCC#CCCCCCCCCCCC#CC#CCO. The number of unbranched alkanes of at least 4 members (excludes halogenated alkanes) is 18. The standard InChI is InChI=1S/C32H48O2/c1-2-32(34)30-28-26-24-22-20-18-16-14-12-10-8-6-4-3-5-7-9-11-13-15-17-19-21-23-25-27-29-31-33/h1,28,30,32-34H,3,5,7-22,24,26,31H2/b30-28+. The van der Waals surface area contributed by atoms with Gasteiger partial charge in [-0.3, -0.25) is 0 Å². The van der Waals surface area contributed by atoms with Crippen molar-refractivity contribution in [1.29, 1.82) is 0 Å². The lowest BCUT2D eigenvalue weighted by Crippen LogP contribution is -1.95. The van der Waals surface area contributed by atoms with Gasteiger partial charge in [-0.15, -0.1) is 18.3 Å². The van der Waals surface area contributed by atoms with Gasteiger partial charge < -0.3 is 10.2 Å². The molecule has 0 heterocycles. The molecule has 0 aliphatic heterocycles. The van der Waals surface area contributed by atoms with Crippen molar-refractivity contribution in [2.45, 2.75) is 135 Å². The molecule has 2 heteroatoms. The minimum Gasteiger partial charge on any atom is -0.384 e. The second-order valence-electron chi connectivity index (χ2n) is 8.85. The third kappa shape index (κ3) is 27.9. The predicted molar refractivity (Wildman–Crippen MR) is 147 cm³/mol. The Labute approximate surface area is 211 Å². The number of terminal acetylenes is 1. The zero-order valence-electron chi connectivity index (χ0n) is 21.6. The van der Waals surface area contributed by atoms with Crippen LogP contribution in [0.2, 0.25) is 0 Å². The van der Waals surface area contributed by atoms with Crippen molar-refractivity contribution < 1.29 is 10.2 Å². The van der Waals surface area contributed by atoms with Crippen LogP contribution in [-0.2, 0) is 0 Å². The molecule has 188 valence electrons. The quantitative estimate of drug-likeness (QED) is 0.112. The Hall–Kier alpha value is -2.10. The Morgan fingerprint density at radius 2 is 0.971 bits per heavy atom. The van der Waals surface area contributed by atoms with E-state index in [1.165, 1.54) is 96.3 Å². The van der Waals surface area contributed by atoms with Crippen molar-refractivity contribution in [3.8, 4) is 47.9 Å². The summed E-state index contributed by atoms with van der Waals surface area (Å²) in [6.45, 7) is -0.105. The molecule has 1 unspecified atom stereocenters. The molecular weight excluding hydrogens is 416 g/mol. The van der Waals surface area contributed by atoms with Gasteiger partial charge in [0.2, 0.25) is 0 Å². The lowest BCUT2D eigenvalue weighted by Gasteiger charge is -2.01. The molecule has 2 nitrogen and oxygen atoms in total. The molecule has 0 radical (unpaired) electrons. The monoisotopic (exact) mass is 464 g/mol. The van der Waals surface area contributed by atoms with Crippen LogP contribution < -0.4 is 0 Å². The van der Waals surface area contributed by atoms with E-state index in [0.717, 1.165) is 32.1 Å². The molecule has 0 amide bonds. The molecule has 0 spiro atoms. The number of hydrogen-bond acceptors (Lipinski definition) is 2. The van der Waals surface area contributed by atoms with Gasteiger partial charge in [0.1, 0.15) is 12.7 Å². The van der Waals surface area contributed by atoms with Crippen molar-refractivity contribution in [1.82, 2.24) is 0 Å². The maximum atomic E-state index is 9.21. The number of hydrogen-bond donors (Lipinski definition) is 2.